The van der Waals surface area contributed by atoms with Gasteiger partial charge in [0, 0.05) is 18.9 Å². The van der Waals surface area contributed by atoms with Gasteiger partial charge in [0.2, 0.25) is 0 Å². The van der Waals surface area contributed by atoms with Gasteiger partial charge in [-0.05, 0) is 38.8 Å². The van der Waals surface area contributed by atoms with Gasteiger partial charge in [0.1, 0.15) is 0 Å². The maximum atomic E-state index is 8.49. The van der Waals surface area contributed by atoms with Crippen LogP contribution in [0.5, 0.6) is 0 Å². The molecular weight excluding hydrogens is 216 g/mol. The molecule has 0 spiro atoms. The van der Waals surface area contributed by atoms with Crippen LogP contribution in [0.1, 0.15) is 32.1 Å². The van der Waals surface area contributed by atoms with Gasteiger partial charge in [0.25, 0.3) is 0 Å². The van der Waals surface area contributed by atoms with Gasteiger partial charge in [-0.25, -0.2) is 0 Å². The first kappa shape index (κ1) is 12.8. The smallest absolute Gasteiger partial charge is 0.161 e. The summed E-state index contributed by atoms with van der Waals surface area (Å²) in [5.74, 6) is 0.544. The van der Waals surface area contributed by atoms with Crippen LogP contribution < -0.4 is 0 Å². The molecule has 4 nitrogen and oxygen atoms in total. The minimum atomic E-state index is 0.0388. The monoisotopic (exact) mass is 238 g/mol. The van der Waals surface area contributed by atoms with Crippen molar-refractivity contribution >= 4 is 0 Å². The third-order valence-electron chi connectivity index (χ3n) is 3.59. The van der Waals surface area contributed by atoms with Crippen LogP contribution in [0.2, 0.25) is 0 Å². The summed E-state index contributed by atoms with van der Waals surface area (Å²) in [5, 5.41) is 8.49. The number of nitriles is 1. The summed E-state index contributed by atoms with van der Waals surface area (Å²) in [4.78, 5) is 2.50. The number of nitrogens with zero attached hydrogens (tertiary/aromatic N) is 2. The van der Waals surface area contributed by atoms with E-state index in [9.17, 15) is 0 Å². The van der Waals surface area contributed by atoms with E-state index in [1.165, 1.54) is 19.4 Å². The Morgan fingerprint density at radius 1 is 1.24 bits per heavy atom. The second kappa shape index (κ2) is 6.95. The number of hydrogen-bond donors (Lipinski definition) is 0. The lowest BCUT2D eigenvalue weighted by atomic mass is 9.97. The summed E-state index contributed by atoms with van der Waals surface area (Å²) in [6, 6.07) is 2.20. The van der Waals surface area contributed by atoms with E-state index >= 15 is 0 Å². The normalized spacial score (nSPS) is 27.1. The van der Waals surface area contributed by atoms with Crippen LogP contribution in [0.3, 0.4) is 0 Å². The summed E-state index contributed by atoms with van der Waals surface area (Å²) in [5.41, 5.74) is 0. The molecule has 2 aliphatic rings. The summed E-state index contributed by atoms with van der Waals surface area (Å²) in [7, 11) is 0. The molecule has 96 valence electrons. The Bertz CT molecular complexity index is 259. The molecule has 0 amide bonds. The number of rotatable bonds is 5. The van der Waals surface area contributed by atoms with Crippen LogP contribution in [-0.2, 0) is 9.47 Å². The molecule has 2 rings (SSSR count). The highest BCUT2D eigenvalue weighted by Crippen LogP contribution is 2.24. The van der Waals surface area contributed by atoms with Crippen molar-refractivity contribution in [1.29, 1.82) is 5.26 Å². The van der Waals surface area contributed by atoms with Crippen molar-refractivity contribution in [2.75, 3.05) is 32.8 Å². The molecule has 0 aromatic carbocycles. The third-order valence-corrected chi connectivity index (χ3v) is 3.59. The van der Waals surface area contributed by atoms with Gasteiger partial charge >= 0.3 is 0 Å². The topological polar surface area (TPSA) is 45.5 Å². The molecule has 2 aliphatic heterocycles. The van der Waals surface area contributed by atoms with Gasteiger partial charge in [-0.1, -0.05) is 0 Å². The van der Waals surface area contributed by atoms with E-state index < -0.39 is 0 Å². The molecule has 0 aromatic heterocycles. The highest BCUT2D eigenvalue weighted by atomic mass is 16.7. The number of unbranched alkanes of at least 4 members (excludes halogenated alkanes) is 2. The molecule has 1 unspecified atom stereocenters. The second-order valence-corrected chi connectivity index (χ2v) is 4.93. The predicted molar refractivity (Wildman–Crippen MR) is 64.3 cm³/mol. The van der Waals surface area contributed by atoms with Crippen molar-refractivity contribution in [2.24, 2.45) is 5.92 Å². The molecule has 0 aromatic rings. The van der Waals surface area contributed by atoms with E-state index in [1.54, 1.807) is 0 Å². The molecule has 2 saturated heterocycles. The Labute approximate surface area is 103 Å². The fraction of sp³-hybridized carbons (Fsp3) is 0.923. The minimum Gasteiger partial charge on any atom is -0.350 e. The molecular formula is C13H22N2O2. The maximum Gasteiger partial charge on any atom is 0.161 e. The van der Waals surface area contributed by atoms with Gasteiger partial charge in [-0.15, -0.1) is 0 Å². The molecule has 0 bridgehead atoms. The van der Waals surface area contributed by atoms with Gasteiger partial charge in [0.05, 0.1) is 19.3 Å². The van der Waals surface area contributed by atoms with Crippen molar-refractivity contribution in [2.45, 2.75) is 38.4 Å². The van der Waals surface area contributed by atoms with E-state index in [0.29, 0.717) is 12.3 Å². The SMILES string of the molecule is N#CCCCCN1CCCC(C2OCCO2)C1. The van der Waals surface area contributed by atoms with Gasteiger partial charge in [-0.2, -0.15) is 5.26 Å². The highest BCUT2D eigenvalue weighted by molar-refractivity contribution is 4.77. The van der Waals surface area contributed by atoms with Crippen LogP contribution >= 0.6 is 0 Å². The Hall–Kier alpha value is -0.630. The van der Waals surface area contributed by atoms with E-state index in [4.69, 9.17) is 14.7 Å². The fourth-order valence-corrected chi connectivity index (χ4v) is 2.70. The Balaban J connectivity index is 1.67. The molecule has 1 atom stereocenters. The van der Waals surface area contributed by atoms with E-state index in [0.717, 1.165) is 39.1 Å². The lowest BCUT2D eigenvalue weighted by molar-refractivity contribution is -0.100. The third kappa shape index (κ3) is 3.95. The fourth-order valence-electron chi connectivity index (χ4n) is 2.70. The Morgan fingerprint density at radius 2 is 2.06 bits per heavy atom. The van der Waals surface area contributed by atoms with Crippen molar-refractivity contribution in [3.05, 3.63) is 0 Å². The molecule has 0 radical (unpaired) electrons. The lowest BCUT2D eigenvalue weighted by Gasteiger charge is -2.34. The van der Waals surface area contributed by atoms with Crippen LogP contribution in [0, 0.1) is 17.2 Å². The second-order valence-electron chi connectivity index (χ2n) is 4.93. The summed E-state index contributed by atoms with van der Waals surface area (Å²) in [6.45, 7) is 4.91. The van der Waals surface area contributed by atoms with Crippen LogP contribution in [0.15, 0.2) is 0 Å². The van der Waals surface area contributed by atoms with Gasteiger partial charge in [0.15, 0.2) is 6.29 Å². The molecule has 2 fully saturated rings. The molecule has 0 aliphatic carbocycles. The quantitative estimate of drug-likeness (QED) is 0.685. The van der Waals surface area contributed by atoms with Gasteiger partial charge < -0.3 is 14.4 Å². The van der Waals surface area contributed by atoms with Crippen molar-refractivity contribution in [3.63, 3.8) is 0 Å². The van der Waals surface area contributed by atoms with Crippen molar-refractivity contribution in [1.82, 2.24) is 4.90 Å². The number of likely N-dealkylation sites (tertiary alicyclic amines) is 1. The molecule has 0 N–H and O–H groups in total. The van der Waals surface area contributed by atoms with E-state index in [2.05, 4.69) is 11.0 Å². The highest BCUT2D eigenvalue weighted by Gasteiger charge is 2.30. The van der Waals surface area contributed by atoms with Crippen LogP contribution in [0.4, 0.5) is 0 Å². The standard InChI is InChI=1S/C13H22N2O2/c14-6-2-1-3-7-15-8-4-5-12(11-15)13-16-9-10-17-13/h12-13H,1-5,7-11H2. The van der Waals surface area contributed by atoms with E-state index in [-0.39, 0.29) is 6.29 Å². The average Bonchev–Trinajstić information content (AvgIpc) is 2.89. The van der Waals surface area contributed by atoms with Gasteiger partial charge in [-0.3, -0.25) is 0 Å². The van der Waals surface area contributed by atoms with E-state index in [1.807, 2.05) is 0 Å². The molecule has 2 heterocycles. The summed E-state index contributed by atoms with van der Waals surface area (Å²) >= 11 is 0. The minimum absolute atomic E-state index is 0.0388. The lowest BCUT2D eigenvalue weighted by Crippen LogP contribution is -2.41. The zero-order valence-electron chi connectivity index (χ0n) is 10.4. The molecule has 0 saturated carbocycles. The first-order valence-electron chi connectivity index (χ1n) is 6.72. The zero-order valence-corrected chi connectivity index (χ0v) is 10.4. The largest absolute Gasteiger partial charge is 0.350 e. The molecule has 17 heavy (non-hydrogen) atoms. The first-order chi connectivity index (χ1) is 8.40. The van der Waals surface area contributed by atoms with Crippen LogP contribution in [-0.4, -0.2) is 44.0 Å². The maximum absolute atomic E-state index is 8.49. The predicted octanol–water partition coefficient (Wildman–Crippen LogP) is 1.77. The zero-order chi connectivity index (χ0) is 11.9. The number of ether oxygens (including phenoxy) is 2. The van der Waals surface area contributed by atoms with Crippen LogP contribution in [0.25, 0.3) is 0 Å². The van der Waals surface area contributed by atoms with Crippen molar-refractivity contribution in [3.8, 4) is 6.07 Å². The molecule has 4 heteroatoms. The summed E-state index contributed by atoms with van der Waals surface area (Å²) in [6.07, 6.45) is 5.34. The Morgan fingerprint density at radius 3 is 2.82 bits per heavy atom. The first-order valence-corrected chi connectivity index (χ1v) is 6.72. The van der Waals surface area contributed by atoms with Crippen molar-refractivity contribution < 1.29 is 9.47 Å². The number of hydrogen-bond acceptors (Lipinski definition) is 4. The number of piperidine rings is 1. The summed E-state index contributed by atoms with van der Waals surface area (Å²) < 4.78 is 11.2. The average molecular weight is 238 g/mol. The Kier molecular flexibility index (Phi) is 5.24.